The summed E-state index contributed by atoms with van der Waals surface area (Å²) in [6.07, 6.45) is 6.24. The summed E-state index contributed by atoms with van der Waals surface area (Å²) in [5, 5.41) is 0.476. The molecule has 4 nitrogen and oxygen atoms in total. The number of ether oxygens (including phenoxy) is 2. The molecule has 0 atom stereocenters. The summed E-state index contributed by atoms with van der Waals surface area (Å²) in [4.78, 5) is 13.7. The van der Waals surface area contributed by atoms with Gasteiger partial charge in [-0.25, -0.2) is 0 Å². The van der Waals surface area contributed by atoms with Crippen LogP contribution in [0, 0.1) is 0 Å². The molecule has 1 amide bonds. The minimum atomic E-state index is -0.0279. The lowest BCUT2D eigenvalue weighted by atomic mass is 10.1. The summed E-state index contributed by atoms with van der Waals surface area (Å²) >= 11 is 6.26. The second-order valence-corrected chi connectivity index (χ2v) is 5.74. The van der Waals surface area contributed by atoms with Gasteiger partial charge in [-0.2, -0.15) is 0 Å². The van der Waals surface area contributed by atoms with Gasteiger partial charge < -0.3 is 14.4 Å². The molecule has 0 aromatic heterocycles. The number of likely N-dealkylation sites (N-methyl/N-ethyl adjacent to an activating group) is 1. The number of unbranched alkanes of at least 4 members (excludes halogenated alkanes) is 1. The lowest BCUT2D eigenvalue weighted by molar-refractivity contribution is -0.124. The Morgan fingerprint density at radius 3 is 2.65 bits per heavy atom. The third-order valence-electron chi connectivity index (χ3n) is 3.34. The Morgan fingerprint density at radius 1 is 1.30 bits per heavy atom. The Morgan fingerprint density at radius 2 is 2.04 bits per heavy atom. The van der Waals surface area contributed by atoms with Gasteiger partial charge in [-0.05, 0) is 36.6 Å². The van der Waals surface area contributed by atoms with E-state index in [0.29, 0.717) is 23.1 Å². The molecule has 0 radical (unpaired) electrons. The minimum Gasteiger partial charge on any atom is -0.493 e. The standard InChI is InChI=1S/C18H26ClNO3/c1-5-7-10-20(3)17(21)9-8-14-12-15(19)18(23-11-6-2)16(13-14)22-4/h8-9,12-13H,5-7,10-11H2,1-4H3. The van der Waals surface area contributed by atoms with Crippen LogP contribution in [0.3, 0.4) is 0 Å². The highest BCUT2D eigenvalue weighted by molar-refractivity contribution is 6.32. The molecule has 0 N–H and O–H groups in total. The first-order valence-corrected chi connectivity index (χ1v) is 8.34. The van der Waals surface area contributed by atoms with E-state index in [9.17, 15) is 4.79 Å². The first-order chi connectivity index (χ1) is 11.0. The predicted molar refractivity (Wildman–Crippen MR) is 95.4 cm³/mol. The van der Waals surface area contributed by atoms with Crippen molar-refractivity contribution in [1.82, 2.24) is 4.90 Å². The quantitative estimate of drug-likeness (QED) is 0.625. The first-order valence-electron chi connectivity index (χ1n) is 7.96. The molecule has 1 aromatic carbocycles. The minimum absolute atomic E-state index is 0.0279. The fourth-order valence-corrected chi connectivity index (χ4v) is 2.25. The number of methoxy groups -OCH3 is 1. The molecule has 0 aliphatic rings. The number of halogens is 1. The average Bonchev–Trinajstić information content (AvgIpc) is 2.55. The van der Waals surface area contributed by atoms with Crippen LogP contribution in [0.5, 0.6) is 11.5 Å². The van der Waals surface area contributed by atoms with E-state index in [2.05, 4.69) is 6.92 Å². The number of hydrogen-bond donors (Lipinski definition) is 0. The number of benzene rings is 1. The molecule has 128 valence electrons. The number of carbonyl (C=O) groups is 1. The summed E-state index contributed by atoms with van der Waals surface area (Å²) in [7, 11) is 3.37. The number of rotatable bonds is 9. The monoisotopic (exact) mass is 339 g/mol. The fourth-order valence-electron chi connectivity index (χ4n) is 1.98. The van der Waals surface area contributed by atoms with Gasteiger partial charge in [-0.15, -0.1) is 0 Å². The molecule has 0 bridgehead atoms. The van der Waals surface area contributed by atoms with Crippen molar-refractivity contribution in [2.45, 2.75) is 33.1 Å². The summed E-state index contributed by atoms with van der Waals surface area (Å²) < 4.78 is 10.9. The molecule has 0 fully saturated rings. The maximum Gasteiger partial charge on any atom is 0.246 e. The first kappa shape index (κ1) is 19.4. The molecule has 5 heteroatoms. The smallest absolute Gasteiger partial charge is 0.246 e. The Balaban J connectivity index is 2.86. The van der Waals surface area contributed by atoms with Crippen LogP contribution in [-0.4, -0.2) is 38.1 Å². The second-order valence-electron chi connectivity index (χ2n) is 5.33. The molecule has 0 heterocycles. The molecule has 1 rings (SSSR count). The van der Waals surface area contributed by atoms with Crippen LogP contribution >= 0.6 is 11.6 Å². The van der Waals surface area contributed by atoms with Gasteiger partial charge in [-0.3, -0.25) is 4.79 Å². The van der Waals surface area contributed by atoms with Gasteiger partial charge in [0.1, 0.15) is 0 Å². The topological polar surface area (TPSA) is 38.8 Å². The van der Waals surface area contributed by atoms with Crippen molar-refractivity contribution in [1.29, 1.82) is 0 Å². The second kappa shape index (κ2) is 10.2. The SMILES string of the molecule is CCCCN(C)C(=O)C=Cc1cc(Cl)c(OCCC)c(OC)c1. The number of amides is 1. The van der Waals surface area contributed by atoms with E-state index in [-0.39, 0.29) is 5.91 Å². The summed E-state index contributed by atoms with van der Waals surface area (Å²) in [6, 6.07) is 3.58. The van der Waals surface area contributed by atoms with Gasteiger partial charge in [-0.1, -0.05) is 31.9 Å². The maximum atomic E-state index is 12.0. The zero-order valence-electron chi connectivity index (χ0n) is 14.4. The third-order valence-corrected chi connectivity index (χ3v) is 3.62. The van der Waals surface area contributed by atoms with Gasteiger partial charge in [0.2, 0.25) is 5.91 Å². The lowest BCUT2D eigenvalue weighted by Crippen LogP contribution is -2.25. The average molecular weight is 340 g/mol. The maximum absolute atomic E-state index is 12.0. The van der Waals surface area contributed by atoms with E-state index >= 15 is 0 Å². The number of nitrogens with zero attached hydrogens (tertiary/aromatic N) is 1. The summed E-state index contributed by atoms with van der Waals surface area (Å²) in [6.45, 7) is 5.46. The normalized spacial score (nSPS) is 10.8. The van der Waals surface area contributed by atoms with Crippen LogP contribution in [-0.2, 0) is 4.79 Å². The van der Waals surface area contributed by atoms with Crippen LogP contribution in [0.2, 0.25) is 5.02 Å². The van der Waals surface area contributed by atoms with Crippen LogP contribution in [0.1, 0.15) is 38.7 Å². The van der Waals surface area contributed by atoms with Crippen molar-refractivity contribution in [2.24, 2.45) is 0 Å². The Hall–Kier alpha value is -1.68. The van der Waals surface area contributed by atoms with Crippen molar-refractivity contribution in [3.8, 4) is 11.5 Å². The van der Waals surface area contributed by atoms with Crippen LogP contribution < -0.4 is 9.47 Å². The van der Waals surface area contributed by atoms with E-state index in [0.717, 1.165) is 31.4 Å². The van der Waals surface area contributed by atoms with Crippen LogP contribution in [0.25, 0.3) is 6.08 Å². The van der Waals surface area contributed by atoms with Gasteiger partial charge >= 0.3 is 0 Å². The van der Waals surface area contributed by atoms with Gasteiger partial charge in [0.05, 0.1) is 18.7 Å². The van der Waals surface area contributed by atoms with Gasteiger partial charge in [0.15, 0.2) is 11.5 Å². The highest BCUT2D eigenvalue weighted by atomic mass is 35.5. The Bertz CT molecular complexity index is 543. The summed E-state index contributed by atoms with van der Waals surface area (Å²) in [5.41, 5.74) is 0.799. The third kappa shape index (κ3) is 6.14. The van der Waals surface area contributed by atoms with Crippen molar-refractivity contribution in [3.05, 3.63) is 28.8 Å². The van der Waals surface area contributed by atoms with E-state index < -0.39 is 0 Å². The predicted octanol–water partition coefficient (Wildman–Crippen LogP) is 4.41. The van der Waals surface area contributed by atoms with E-state index in [1.54, 1.807) is 37.3 Å². The fraction of sp³-hybridized carbons (Fsp3) is 0.500. The van der Waals surface area contributed by atoms with E-state index in [1.807, 2.05) is 13.0 Å². The molecule has 0 saturated heterocycles. The van der Waals surface area contributed by atoms with Crippen molar-refractivity contribution < 1.29 is 14.3 Å². The van der Waals surface area contributed by atoms with E-state index in [1.165, 1.54) is 0 Å². The number of carbonyl (C=O) groups excluding carboxylic acids is 1. The number of hydrogen-bond acceptors (Lipinski definition) is 3. The van der Waals surface area contributed by atoms with Crippen molar-refractivity contribution in [3.63, 3.8) is 0 Å². The highest BCUT2D eigenvalue weighted by Crippen LogP contribution is 2.36. The largest absolute Gasteiger partial charge is 0.493 e. The molecule has 1 aromatic rings. The molecule has 0 saturated carbocycles. The van der Waals surface area contributed by atoms with Gasteiger partial charge in [0, 0.05) is 19.7 Å². The zero-order valence-corrected chi connectivity index (χ0v) is 15.2. The molecular weight excluding hydrogens is 314 g/mol. The highest BCUT2D eigenvalue weighted by Gasteiger charge is 2.11. The Labute approximate surface area is 144 Å². The van der Waals surface area contributed by atoms with Crippen molar-refractivity contribution in [2.75, 3.05) is 27.3 Å². The Kier molecular flexibility index (Phi) is 8.56. The summed E-state index contributed by atoms with van der Waals surface area (Å²) in [5.74, 6) is 1.08. The van der Waals surface area contributed by atoms with E-state index in [4.69, 9.17) is 21.1 Å². The van der Waals surface area contributed by atoms with Crippen molar-refractivity contribution >= 4 is 23.6 Å². The molecule has 23 heavy (non-hydrogen) atoms. The molecule has 0 spiro atoms. The molecule has 0 aliphatic carbocycles. The molecule has 0 unspecified atom stereocenters. The van der Waals surface area contributed by atoms with Crippen LogP contribution in [0.15, 0.2) is 18.2 Å². The molecule has 0 aliphatic heterocycles. The molecular formula is C18H26ClNO3. The van der Waals surface area contributed by atoms with Gasteiger partial charge in [0.25, 0.3) is 0 Å². The lowest BCUT2D eigenvalue weighted by Gasteiger charge is -2.14. The zero-order chi connectivity index (χ0) is 17.2. The van der Waals surface area contributed by atoms with Crippen LogP contribution in [0.4, 0.5) is 0 Å².